The molecule has 0 radical (unpaired) electrons. The molecule has 0 aliphatic rings. The molecule has 0 unspecified atom stereocenters. The standard InChI is InChI=1S/C8H11N3OS2/c1-11(2)8(12)7(3-13-5-9)4-14-6-10/h7H,3-4H2,1-2H3. The van der Waals surface area contributed by atoms with E-state index >= 15 is 0 Å². The van der Waals surface area contributed by atoms with Gasteiger partial charge in [-0.25, -0.2) is 0 Å². The highest BCUT2D eigenvalue weighted by molar-refractivity contribution is 8.04. The smallest absolute Gasteiger partial charge is 0.226 e. The highest BCUT2D eigenvalue weighted by atomic mass is 32.2. The Bertz CT molecular complexity index is 249. The molecule has 0 aliphatic carbocycles. The van der Waals surface area contributed by atoms with Crippen LogP contribution >= 0.6 is 23.5 Å². The first-order chi connectivity index (χ1) is 6.63. The number of hydrogen-bond acceptors (Lipinski definition) is 5. The molecule has 76 valence electrons. The molecule has 0 rings (SSSR count). The van der Waals surface area contributed by atoms with Crippen LogP contribution in [0.15, 0.2) is 0 Å². The maximum Gasteiger partial charge on any atom is 0.226 e. The van der Waals surface area contributed by atoms with Gasteiger partial charge in [0.05, 0.1) is 5.92 Å². The van der Waals surface area contributed by atoms with Crippen LogP contribution in [0.1, 0.15) is 0 Å². The fourth-order valence-corrected chi connectivity index (χ4v) is 2.05. The van der Waals surface area contributed by atoms with Gasteiger partial charge < -0.3 is 4.90 Å². The first-order valence-corrected chi connectivity index (χ1v) is 5.83. The minimum Gasteiger partial charge on any atom is -0.349 e. The number of hydrogen-bond donors (Lipinski definition) is 0. The largest absolute Gasteiger partial charge is 0.349 e. The van der Waals surface area contributed by atoms with E-state index in [9.17, 15) is 4.79 Å². The van der Waals surface area contributed by atoms with Crippen molar-refractivity contribution in [3.63, 3.8) is 0 Å². The zero-order valence-electron chi connectivity index (χ0n) is 8.06. The summed E-state index contributed by atoms with van der Waals surface area (Å²) >= 11 is 2.10. The van der Waals surface area contributed by atoms with E-state index < -0.39 is 0 Å². The van der Waals surface area contributed by atoms with E-state index in [1.165, 1.54) is 4.90 Å². The van der Waals surface area contributed by atoms with Crippen molar-refractivity contribution in [3.8, 4) is 10.8 Å². The molecule has 14 heavy (non-hydrogen) atoms. The number of nitriles is 2. The highest BCUT2D eigenvalue weighted by Gasteiger charge is 2.20. The van der Waals surface area contributed by atoms with E-state index in [4.69, 9.17) is 10.5 Å². The monoisotopic (exact) mass is 229 g/mol. The van der Waals surface area contributed by atoms with Gasteiger partial charge in [-0.2, -0.15) is 10.5 Å². The molecule has 0 aliphatic heterocycles. The second kappa shape index (κ2) is 7.54. The molecule has 0 fully saturated rings. The van der Waals surface area contributed by atoms with Crippen molar-refractivity contribution in [1.82, 2.24) is 4.90 Å². The van der Waals surface area contributed by atoms with Gasteiger partial charge in [-0.15, -0.1) is 0 Å². The number of amides is 1. The van der Waals surface area contributed by atoms with Gasteiger partial charge in [-0.05, 0) is 23.5 Å². The number of rotatable bonds is 5. The Balaban J connectivity index is 4.18. The van der Waals surface area contributed by atoms with Crippen LogP contribution in [-0.4, -0.2) is 36.4 Å². The van der Waals surface area contributed by atoms with E-state index in [0.717, 1.165) is 23.5 Å². The van der Waals surface area contributed by atoms with Gasteiger partial charge in [0.15, 0.2) is 0 Å². The summed E-state index contributed by atoms with van der Waals surface area (Å²) < 4.78 is 0. The van der Waals surface area contributed by atoms with Crippen LogP contribution in [0.3, 0.4) is 0 Å². The lowest BCUT2D eigenvalue weighted by molar-refractivity contribution is -0.131. The Morgan fingerprint density at radius 2 is 1.71 bits per heavy atom. The maximum absolute atomic E-state index is 11.5. The van der Waals surface area contributed by atoms with Gasteiger partial charge in [0.2, 0.25) is 5.91 Å². The molecule has 0 spiro atoms. The number of carbonyl (C=O) groups is 1. The summed E-state index contributed by atoms with van der Waals surface area (Å²) in [5.74, 6) is 0.611. The van der Waals surface area contributed by atoms with Crippen LogP contribution in [0.2, 0.25) is 0 Å². The summed E-state index contributed by atoms with van der Waals surface area (Å²) in [5, 5.41) is 20.6. The van der Waals surface area contributed by atoms with E-state index in [-0.39, 0.29) is 11.8 Å². The molecule has 4 nitrogen and oxygen atoms in total. The molecular weight excluding hydrogens is 218 g/mol. The number of carbonyl (C=O) groups excluding carboxylic acids is 1. The van der Waals surface area contributed by atoms with Crippen LogP contribution < -0.4 is 0 Å². The molecule has 0 heterocycles. The summed E-state index contributed by atoms with van der Waals surface area (Å²) in [6.07, 6.45) is 0. The van der Waals surface area contributed by atoms with Crippen molar-refractivity contribution in [2.45, 2.75) is 0 Å². The Hall–Kier alpha value is -0.850. The first-order valence-electron chi connectivity index (χ1n) is 3.86. The second-order valence-corrected chi connectivity index (χ2v) is 4.34. The Morgan fingerprint density at radius 1 is 1.29 bits per heavy atom. The van der Waals surface area contributed by atoms with Crippen molar-refractivity contribution in [2.24, 2.45) is 5.92 Å². The van der Waals surface area contributed by atoms with Gasteiger partial charge in [-0.1, -0.05) is 0 Å². The Kier molecular flexibility index (Phi) is 7.09. The lowest BCUT2D eigenvalue weighted by atomic mass is 10.2. The Labute approximate surface area is 92.2 Å². The molecule has 0 bridgehead atoms. The molecular formula is C8H11N3OS2. The number of nitrogens with zero attached hydrogens (tertiary/aromatic N) is 3. The predicted octanol–water partition coefficient (Wildman–Crippen LogP) is 1.12. The SMILES string of the molecule is CN(C)C(=O)C(CSC#N)CSC#N. The van der Waals surface area contributed by atoms with Crippen molar-refractivity contribution < 1.29 is 4.79 Å². The third-order valence-electron chi connectivity index (χ3n) is 1.49. The van der Waals surface area contributed by atoms with Crippen LogP contribution in [-0.2, 0) is 4.79 Å². The lowest BCUT2D eigenvalue weighted by Gasteiger charge is -2.17. The maximum atomic E-state index is 11.5. The van der Waals surface area contributed by atoms with Crippen molar-refractivity contribution in [3.05, 3.63) is 0 Å². The topological polar surface area (TPSA) is 67.9 Å². The minimum absolute atomic E-state index is 0.0319. The average molecular weight is 229 g/mol. The minimum atomic E-state index is -0.251. The zero-order chi connectivity index (χ0) is 11.0. The number of thiocyanates is 2. The third-order valence-corrected chi connectivity index (χ3v) is 2.88. The molecule has 0 aromatic rings. The van der Waals surface area contributed by atoms with Crippen LogP contribution in [0.25, 0.3) is 0 Å². The van der Waals surface area contributed by atoms with Gasteiger partial charge in [0.25, 0.3) is 0 Å². The Morgan fingerprint density at radius 3 is 2.00 bits per heavy atom. The van der Waals surface area contributed by atoms with E-state index in [2.05, 4.69) is 0 Å². The van der Waals surface area contributed by atoms with Crippen LogP contribution in [0.4, 0.5) is 0 Å². The molecule has 0 aromatic carbocycles. The van der Waals surface area contributed by atoms with Crippen molar-refractivity contribution in [2.75, 3.05) is 25.6 Å². The zero-order valence-corrected chi connectivity index (χ0v) is 9.69. The third kappa shape index (κ3) is 5.00. The van der Waals surface area contributed by atoms with Gasteiger partial charge in [0.1, 0.15) is 10.8 Å². The van der Waals surface area contributed by atoms with Crippen molar-refractivity contribution in [1.29, 1.82) is 10.5 Å². The molecule has 1 amide bonds. The van der Waals surface area contributed by atoms with E-state index in [1.54, 1.807) is 14.1 Å². The van der Waals surface area contributed by atoms with Gasteiger partial charge in [0, 0.05) is 25.6 Å². The fourth-order valence-electron chi connectivity index (χ4n) is 0.832. The summed E-state index contributed by atoms with van der Waals surface area (Å²) in [5.41, 5.74) is 0. The summed E-state index contributed by atoms with van der Waals surface area (Å²) in [6, 6.07) is 0. The summed E-state index contributed by atoms with van der Waals surface area (Å²) in [7, 11) is 3.34. The molecule has 0 saturated carbocycles. The van der Waals surface area contributed by atoms with Crippen LogP contribution in [0, 0.1) is 27.2 Å². The fraction of sp³-hybridized carbons (Fsp3) is 0.625. The predicted molar refractivity (Wildman–Crippen MR) is 58.3 cm³/mol. The van der Waals surface area contributed by atoms with Crippen molar-refractivity contribution >= 4 is 29.4 Å². The average Bonchev–Trinajstić information content (AvgIpc) is 2.17. The molecule has 0 N–H and O–H groups in total. The first kappa shape index (κ1) is 13.2. The molecule has 0 aromatic heterocycles. The molecule has 0 atom stereocenters. The van der Waals surface area contributed by atoms with Crippen LogP contribution in [0.5, 0.6) is 0 Å². The van der Waals surface area contributed by atoms with Gasteiger partial charge >= 0.3 is 0 Å². The summed E-state index contributed by atoms with van der Waals surface area (Å²) in [6.45, 7) is 0. The highest BCUT2D eigenvalue weighted by Crippen LogP contribution is 2.15. The molecule has 6 heteroatoms. The van der Waals surface area contributed by atoms with E-state index in [0.29, 0.717) is 11.5 Å². The second-order valence-electron chi connectivity index (χ2n) is 2.73. The van der Waals surface area contributed by atoms with E-state index in [1.807, 2.05) is 10.8 Å². The lowest BCUT2D eigenvalue weighted by Crippen LogP contribution is -2.32. The molecule has 0 saturated heterocycles. The normalized spacial score (nSPS) is 9.21. The summed E-state index contributed by atoms with van der Waals surface area (Å²) in [4.78, 5) is 13.0. The van der Waals surface area contributed by atoms with Gasteiger partial charge in [-0.3, -0.25) is 4.79 Å². The number of thioether (sulfide) groups is 2. The quantitative estimate of drug-likeness (QED) is 0.661.